The Morgan fingerprint density at radius 3 is 2.43 bits per heavy atom. The molecule has 0 saturated heterocycles. The Bertz CT molecular complexity index is 970. The Labute approximate surface area is 178 Å². The summed E-state index contributed by atoms with van der Waals surface area (Å²) in [5.41, 5.74) is 1.91. The summed E-state index contributed by atoms with van der Waals surface area (Å²) < 4.78 is 10.7. The molecule has 5 N–H and O–H groups in total. The molecule has 0 amide bonds. The predicted molar refractivity (Wildman–Crippen MR) is 117 cm³/mol. The van der Waals surface area contributed by atoms with Gasteiger partial charge in [0.25, 0.3) is 0 Å². The summed E-state index contributed by atoms with van der Waals surface area (Å²) in [7, 11) is 1.61. The number of aromatic nitrogens is 1. The fourth-order valence-corrected chi connectivity index (χ4v) is 3.36. The Kier molecular flexibility index (Phi) is 7.72. The van der Waals surface area contributed by atoms with Crippen LogP contribution in [0.5, 0.6) is 17.4 Å². The number of anilines is 2. The predicted octanol–water partition coefficient (Wildman–Crippen LogP) is 2.47. The number of aliphatic hydroxyl groups excluding tert-OH is 1. The second-order valence-corrected chi connectivity index (χ2v) is 7.59. The largest absolute Gasteiger partial charge is 0.497 e. The third kappa shape index (κ3) is 6.51. The zero-order chi connectivity index (χ0) is 21.3. The number of aliphatic hydroxyl groups is 1. The van der Waals surface area contributed by atoms with Crippen LogP contribution in [-0.2, 0) is 6.42 Å². The first-order valence-corrected chi connectivity index (χ1v) is 10.3. The van der Waals surface area contributed by atoms with Crippen molar-refractivity contribution in [2.75, 3.05) is 32.1 Å². The van der Waals surface area contributed by atoms with Crippen LogP contribution >= 0.6 is 11.3 Å². The lowest BCUT2D eigenvalue weighted by atomic mass is 10.1. The molecule has 8 nitrogen and oxygen atoms in total. The van der Waals surface area contributed by atoms with Gasteiger partial charge in [0, 0.05) is 12.2 Å². The molecule has 0 bridgehead atoms. The molecule has 2 aromatic carbocycles. The van der Waals surface area contributed by atoms with Crippen molar-refractivity contribution in [1.82, 2.24) is 10.3 Å². The number of aromatic hydroxyl groups is 1. The zero-order valence-corrected chi connectivity index (χ0v) is 17.4. The molecule has 0 spiro atoms. The minimum Gasteiger partial charge on any atom is -0.497 e. The molecule has 0 fully saturated rings. The maximum Gasteiger partial charge on any atom is 0.309 e. The summed E-state index contributed by atoms with van der Waals surface area (Å²) in [6.45, 7) is 1.35. The molecule has 0 saturated carbocycles. The molecule has 30 heavy (non-hydrogen) atoms. The van der Waals surface area contributed by atoms with Gasteiger partial charge in [-0.25, -0.2) is 0 Å². The molecule has 0 unspecified atom stereocenters. The quantitative estimate of drug-likeness (QED) is 0.296. The molecular weight excluding hydrogens is 406 g/mol. The summed E-state index contributed by atoms with van der Waals surface area (Å²) in [5, 5.41) is 26.3. The number of H-pyrrole nitrogens is 1. The van der Waals surface area contributed by atoms with Crippen LogP contribution in [0.3, 0.4) is 0 Å². The topological polar surface area (TPSA) is 116 Å². The molecular formula is C21H25N3O5S. The standard InChI is InChI=1S/C21H25N3O5S/c1-28-17-6-8-18(9-7-17)29-13-16(25)12-22-11-10-14-2-4-15(5-3-14)23-20-19(26)24-21(27)30-20/h2-9,16,22-23,25-26H,10-13H2,1H3,(H,24,27)/t16-/m0/s1. The van der Waals surface area contributed by atoms with Crippen molar-refractivity contribution in [3.63, 3.8) is 0 Å². The lowest BCUT2D eigenvalue weighted by Gasteiger charge is -2.13. The Hall–Kier alpha value is -3.01. The molecule has 1 atom stereocenters. The van der Waals surface area contributed by atoms with Gasteiger partial charge in [0.1, 0.15) is 24.2 Å². The van der Waals surface area contributed by atoms with E-state index in [0.29, 0.717) is 23.8 Å². The van der Waals surface area contributed by atoms with Gasteiger partial charge in [-0.05, 0) is 54.9 Å². The third-order valence-electron chi connectivity index (χ3n) is 4.31. The lowest BCUT2D eigenvalue weighted by Crippen LogP contribution is -2.32. The van der Waals surface area contributed by atoms with Gasteiger partial charge < -0.3 is 30.3 Å². The van der Waals surface area contributed by atoms with Gasteiger partial charge in [-0.2, -0.15) is 0 Å². The van der Waals surface area contributed by atoms with Crippen molar-refractivity contribution >= 4 is 22.0 Å². The number of hydrogen-bond acceptors (Lipinski definition) is 8. The van der Waals surface area contributed by atoms with Crippen LogP contribution in [0.4, 0.5) is 10.7 Å². The monoisotopic (exact) mass is 431 g/mol. The fraction of sp³-hybridized carbons (Fsp3) is 0.286. The normalized spacial score (nSPS) is 11.8. The average Bonchev–Trinajstić information content (AvgIpc) is 3.07. The van der Waals surface area contributed by atoms with Gasteiger partial charge in [0.2, 0.25) is 5.88 Å². The van der Waals surface area contributed by atoms with Crippen LogP contribution in [0.2, 0.25) is 0 Å². The van der Waals surface area contributed by atoms with Crippen LogP contribution in [0.1, 0.15) is 5.56 Å². The van der Waals surface area contributed by atoms with Crippen molar-refractivity contribution in [2.45, 2.75) is 12.5 Å². The van der Waals surface area contributed by atoms with E-state index in [4.69, 9.17) is 9.47 Å². The first-order valence-electron chi connectivity index (χ1n) is 9.47. The van der Waals surface area contributed by atoms with E-state index < -0.39 is 6.10 Å². The first kappa shape index (κ1) is 21.7. The molecule has 0 aliphatic carbocycles. The molecule has 3 aromatic rings. The molecule has 0 radical (unpaired) electrons. The Morgan fingerprint density at radius 1 is 1.10 bits per heavy atom. The van der Waals surface area contributed by atoms with Crippen LogP contribution < -0.4 is 25.0 Å². The Balaban J connectivity index is 1.34. The maximum atomic E-state index is 11.2. The van der Waals surface area contributed by atoms with E-state index in [1.54, 1.807) is 19.2 Å². The molecule has 1 heterocycles. The van der Waals surface area contributed by atoms with Crippen LogP contribution in [0.25, 0.3) is 0 Å². The number of aromatic amines is 1. The summed E-state index contributed by atoms with van der Waals surface area (Å²) in [4.78, 5) is 13.2. The highest BCUT2D eigenvalue weighted by molar-refractivity contribution is 7.13. The molecule has 9 heteroatoms. The van der Waals surface area contributed by atoms with Crippen molar-refractivity contribution in [3.05, 3.63) is 63.8 Å². The van der Waals surface area contributed by atoms with Crippen molar-refractivity contribution in [2.24, 2.45) is 0 Å². The minimum absolute atomic E-state index is 0.159. The van der Waals surface area contributed by atoms with Gasteiger partial charge in [0.15, 0.2) is 5.00 Å². The van der Waals surface area contributed by atoms with Crippen molar-refractivity contribution in [1.29, 1.82) is 0 Å². The first-order chi connectivity index (χ1) is 14.5. The number of nitrogens with one attached hydrogen (secondary N) is 3. The highest BCUT2D eigenvalue weighted by atomic mass is 32.1. The number of benzene rings is 2. The maximum absolute atomic E-state index is 11.2. The number of hydrogen-bond donors (Lipinski definition) is 5. The average molecular weight is 432 g/mol. The highest BCUT2D eigenvalue weighted by Gasteiger charge is 2.07. The lowest BCUT2D eigenvalue weighted by molar-refractivity contribution is 0.106. The van der Waals surface area contributed by atoms with Crippen LogP contribution in [0, 0.1) is 0 Å². The van der Waals surface area contributed by atoms with Crippen LogP contribution in [-0.4, -0.2) is 48.1 Å². The van der Waals surface area contributed by atoms with Gasteiger partial charge in [-0.15, -0.1) is 0 Å². The second kappa shape index (κ2) is 10.7. The van der Waals surface area contributed by atoms with Gasteiger partial charge >= 0.3 is 4.87 Å². The van der Waals surface area contributed by atoms with Crippen molar-refractivity contribution in [3.8, 4) is 17.4 Å². The van der Waals surface area contributed by atoms with E-state index in [9.17, 15) is 15.0 Å². The molecule has 0 aliphatic heterocycles. The van der Waals surface area contributed by atoms with Gasteiger partial charge in [-0.1, -0.05) is 23.5 Å². The minimum atomic E-state index is -0.611. The fourth-order valence-electron chi connectivity index (χ4n) is 2.72. The number of thiazole rings is 1. The van der Waals surface area contributed by atoms with E-state index in [2.05, 4.69) is 15.6 Å². The van der Waals surface area contributed by atoms with Crippen molar-refractivity contribution < 1.29 is 19.7 Å². The molecule has 1 aromatic heterocycles. The number of methoxy groups -OCH3 is 1. The molecule has 0 aliphatic rings. The second-order valence-electron chi connectivity index (χ2n) is 6.61. The van der Waals surface area contributed by atoms with E-state index in [0.717, 1.165) is 34.8 Å². The smallest absolute Gasteiger partial charge is 0.309 e. The summed E-state index contributed by atoms with van der Waals surface area (Å²) in [5.74, 6) is 1.28. The van der Waals surface area contributed by atoms with E-state index >= 15 is 0 Å². The highest BCUT2D eigenvalue weighted by Crippen LogP contribution is 2.27. The zero-order valence-electron chi connectivity index (χ0n) is 16.6. The summed E-state index contributed by atoms with van der Waals surface area (Å²) in [6, 6.07) is 14.9. The number of ether oxygens (including phenoxy) is 2. The molecule has 3 rings (SSSR count). The summed E-state index contributed by atoms with van der Waals surface area (Å²) in [6.07, 6.45) is 0.189. The molecule has 160 valence electrons. The van der Waals surface area contributed by atoms with Gasteiger partial charge in [0.05, 0.1) is 7.11 Å². The van der Waals surface area contributed by atoms with E-state index in [1.807, 2.05) is 36.4 Å². The van der Waals surface area contributed by atoms with Crippen LogP contribution in [0.15, 0.2) is 53.3 Å². The van der Waals surface area contributed by atoms with Gasteiger partial charge in [-0.3, -0.25) is 9.78 Å². The van der Waals surface area contributed by atoms with E-state index in [-0.39, 0.29) is 17.4 Å². The SMILES string of the molecule is COc1ccc(OC[C@@H](O)CNCCc2ccc(Nc3sc(=O)[nH]c3O)cc2)cc1. The summed E-state index contributed by atoms with van der Waals surface area (Å²) >= 11 is 0.915. The number of rotatable bonds is 11. The third-order valence-corrected chi connectivity index (χ3v) is 5.10. The Morgan fingerprint density at radius 2 is 1.80 bits per heavy atom. The van der Waals surface area contributed by atoms with E-state index in [1.165, 1.54) is 0 Å².